The fourth-order valence-electron chi connectivity index (χ4n) is 2.13. The molecule has 0 spiro atoms. The topological polar surface area (TPSA) is 54.0 Å². The number of methoxy groups -OCH3 is 1. The van der Waals surface area contributed by atoms with Gasteiger partial charge in [-0.1, -0.05) is 6.07 Å². The number of hydrogen-bond donors (Lipinski definition) is 2. The number of phenolic OH excluding ortho intramolecular Hbond substituents is 1. The first-order valence-corrected chi connectivity index (χ1v) is 6.66. The lowest BCUT2D eigenvalue weighted by molar-refractivity contribution is 0.0384. The summed E-state index contributed by atoms with van der Waals surface area (Å²) >= 11 is 0. The zero-order valence-electron chi connectivity index (χ0n) is 11.4. The van der Waals surface area contributed by atoms with Crippen molar-refractivity contribution in [2.75, 3.05) is 46.5 Å². The van der Waals surface area contributed by atoms with Crippen LogP contribution in [0.3, 0.4) is 0 Å². The second-order valence-electron chi connectivity index (χ2n) is 4.64. The Bertz CT molecular complexity index is 392. The highest BCUT2D eigenvalue weighted by Crippen LogP contribution is 2.25. The van der Waals surface area contributed by atoms with E-state index in [9.17, 15) is 5.11 Å². The molecule has 0 aromatic heterocycles. The van der Waals surface area contributed by atoms with E-state index in [1.165, 1.54) is 0 Å². The minimum atomic E-state index is 0.180. The number of phenols is 1. The summed E-state index contributed by atoms with van der Waals surface area (Å²) in [6.07, 6.45) is 0. The van der Waals surface area contributed by atoms with Crippen molar-refractivity contribution in [3.63, 3.8) is 0 Å². The van der Waals surface area contributed by atoms with Gasteiger partial charge >= 0.3 is 0 Å². The van der Waals surface area contributed by atoms with Gasteiger partial charge in [0.05, 0.1) is 20.3 Å². The third-order valence-corrected chi connectivity index (χ3v) is 3.28. The standard InChI is InChI=1S/C14H22N2O3/c1-18-14-10-12(2-3-13(14)17)11-15-4-5-16-6-8-19-9-7-16/h2-3,10,15,17H,4-9,11H2,1H3. The number of rotatable bonds is 6. The third-order valence-electron chi connectivity index (χ3n) is 3.28. The minimum absolute atomic E-state index is 0.180. The maximum Gasteiger partial charge on any atom is 0.160 e. The van der Waals surface area contributed by atoms with Crippen LogP contribution in [-0.4, -0.2) is 56.5 Å². The van der Waals surface area contributed by atoms with Crippen LogP contribution in [0.1, 0.15) is 5.56 Å². The van der Waals surface area contributed by atoms with Gasteiger partial charge in [0.2, 0.25) is 0 Å². The smallest absolute Gasteiger partial charge is 0.160 e. The van der Waals surface area contributed by atoms with Gasteiger partial charge in [-0.3, -0.25) is 4.90 Å². The van der Waals surface area contributed by atoms with E-state index in [0.717, 1.165) is 51.5 Å². The summed E-state index contributed by atoms with van der Waals surface area (Å²) in [6, 6.07) is 5.43. The Hall–Kier alpha value is -1.30. The number of nitrogens with one attached hydrogen (secondary N) is 1. The number of hydrogen-bond acceptors (Lipinski definition) is 5. The fraction of sp³-hybridized carbons (Fsp3) is 0.571. The Kier molecular flexibility index (Phi) is 5.44. The molecule has 1 aliphatic rings. The molecule has 1 aromatic rings. The summed E-state index contributed by atoms with van der Waals surface area (Å²) in [5, 5.41) is 12.9. The van der Waals surface area contributed by atoms with Crippen LogP contribution in [0.5, 0.6) is 11.5 Å². The molecule has 2 N–H and O–H groups in total. The van der Waals surface area contributed by atoms with Crippen LogP contribution in [0.25, 0.3) is 0 Å². The van der Waals surface area contributed by atoms with Crippen LogP contribution in [0.15, 0.2) is 18.2 Å². The normalized spacial score (nSPS) is 16.5. The molecule has 0 aliphatic carbocycles. The Balaban J connectivity index is 1.70. The first kappa shape index (κ1) is 14.1. The predicted octanol–water partition coefficient (Wildman–Crippen LogP) is 0.823. The van der Waals surface area contributed by atoms with Crippen LogP contribution in [0.2, 0.25) is 0 Å². The highest BCUT2D eigenvalue weighted by atomic mass is 16.5. The molecule has 1 saturated heterocycles. The second-order valence-corrected chi connectivity index (χ2v) is 4.64. The highest BCUT2D eigenvalue weighted by Gasteiger charge is 2.09. The van der Waals surface area contributed by atoms with E-state index < -0.39 is 0 Å². The van der Waals surface area contributed by atoms with E-state index in [2.05, 4.69) is 10.2 Å². The second kappa shape index (κ2) is 7.33. The molecule has 0 atom stereocenters. The number of nitrogens with zero attached hydrogens (tertiary/aromatic N) is 1. The van der Waals surface area contributed by atoms with Gasteiger partial charge in [0, 0.05) is 32.7 Å². The van der Waals surface area contributed by atoms with E-state index in [1.54, 1.807) is 13.2 Å². The zero-order valence-corrected chi connectivity index (χ0v) is 11.4. The quantitative estimate of drug-likeness (QED) is 0.747. The Morgan fingerprint density at radius 2 is 2.16 bits per heavy atom. The van der Waals surface area contributed by atoms with Crippen molar-refractivity contribution in [2.45, 2.75) is 6.54 Å². The summed E-state index contributed by atoms with van der Waals surface area (Å²) < 4.78 is 10.4. The summed E-state index contributed by atoms with van der Waals surface area (Å²) in [5.41, 5.74) is 1.11. The van der Waals surface area contributed by atoms with Crippen LogP contribution < -0.4 is 10.1 Å². The van der Waals surface area contributed by atoms with Crippen LogP contribution in [-0.2, 0) is 11.3 Å². The summed E-state index contributed by atoms with van der Waals surface area (Å²) in [6.45, 7) is 6.50. The summed E-state index contributed by atoms with van der Waals surface area (Å²) in [7, 11) is 1.56. The lowest BCUT2D eigenvalue weighted by atomic mass is 10.2. The monoisotopic (exact) mass is 266 g/mol. The molecule has 0 unspecified atom stereocenters. The lowest BCUT2D eigenvalue weighted by Gasteiger charge is -2.26. The van der Waals surface area contributed by atoms with Crippen molar-refractivity contribution in [3.8, 4) is 11.5 Å². The molecule has 5 nitrogen and oxygen atoms in total. The molecule has 106 valence electrons. The molecule has 0 saturated carbocycles. The zero-order chi connectivity index (χ0) is 13.5. The molecule has 1 fully saturated rings. The van der Waals surface area contributed by atoms with Gasteiger partial charge in [-0.2, -0.15) is 0 Å². The maximum atomic E-state index is 9.51. The molecule has 19 heavy (non-hydrogen) atoms. The van der Waals surface area contributed by atoms with Gasteiger partial charge in [0.1, 0.15) is 0 Å². The first-order chi connectivity index (χ1) is 9.29. The van der Waals surface area contributed by atoms with Crippen LogP contribution in [0, 0.1) is 0 Å². The Morgan fingerprint density at radius 3 is 2.89 bits per heavy atom. The van der Waals surface area contributed by atoms with Gasteiger partial charge in [-0.15, -0.1) is 0 Å². The van der Waals surface area contributed by atoms with Crippen molar-refractivity contribution in [2.24, 2.45) is 0 Å². The van der Waals surface area contributed by atoms with Crippen LogP contribution in [0.4, 0.5) is 0 Å². The van der Waals surface area contributed by atoms with Gasteiger partial charge in [-0.25, -0.2) is 0 Å². The number of aromatic hydroxyl groups is 1. The number of benzene rings is 1. The summed E-state index contributed by atoms with van der Waals surface area (Å²) in [5.74, 6) is 0.701. The molecule has 1 aromatic carbocycles. The Morgan fingerprint density at radius 1 is 1.37 bits per heavy atom. The largest absolute Gasteiger partial charge is 0.504 e. The number of ether oxygens (including phenoxy) is 2. The van der Waals surface area contributed by atoms with E-state index in [4.69, 9.17) is 9.47 Å². The molecule has 0 radical (unpaired) electrons. The molecule has 0 amide bonds. The van der Waals surface area contributed by atoms with Gasteiger partial charge < -0.3 is 19.9 Å². The molecule has 5 heteroatoms. The van der Waals surface area contributed by atoms with Crippen molar-refractivity contribution in [1.82, 2.24) is 10.2 Å². The molecule has 1 aliphatic heterocycles. The van der Waals surface area contributed by atoms with Gasteiger partial charge in [0.15, 0.2) is 11.5 Å². The average Bonchev–Trinajstić information content (AvgIpc) is 2.46. The average molecular weight is 266 g/mol. The van der Waals surface area contributed by atoms with E-state index in [1.807, 2.05) is 12.1 Å². The van der Waals surface area contributed by atoms with Gasteiger partial charge in [0.25, 0.3) is 0 Å². The van der Waals surface area contributed by atoms with Gasteiger partial charge in [-0.05, 0) is 17.7 Å². The highest BCUT2D eigenvalue weighted by molar-refractivity contribution is 5.41. The molecular formula is C14H22N2O3. The van der Waals surface area contributed by atoms with E-state index in [-0.39, 0.29) is 5.75 Å². The van der Waals surface area contributed by atoms with Crippen molar-refractivity contribution < 1.29 is 14.6 Å². The van der Waals surface area contributed by atoms with Crippen molar-refractivity contribution in [3.05, 3.63) is 23.8 Å². The minimum Gasteiger partial charge on any atom is -0.504 e. The molecular weight excluding hydrogens is 244 g/mol. The van der Waals surface area contributed by atoms with Crippen molar-refractivity contribution >= 4 is 0 Å². The fourth-order valence-corrected chi connectivity index (χ4v) is 2.13. The van der Waals surface area contributed by atoms with Crippen molar-refractivity contribution in [1.29, 1.82) is 0 Å². The molecule has 1 heterocycles. The SMILES string of the molecule is COc1cc(CNCCN2CCOCC2)ccc1O. The molecule has 2 rings (SSSR count). The first-order valence-electron chi connectivity index (χ1n) is 6.66. The van der Waals surface area contributed by atoms with Crippen LogP contribution >= 0.6 is 0 Å². The number of morpholine rings is 1. The van der Waals surface area contributed by atoms with E-state index >= 15 is 0 Å². The predicted molar refractivity (Wildman–Crippen MR) is 73.6 cm³/mol. The maximum absolute atomic E-state index is 9.51. The summed E-state index contributed by atoms with van der Waals surface area (Å²) in [4.78, 5) is 2.40. The van der Waals surface area contributed by atoms with E-state index in [0.29, 0.717) is 5.75 Å². The molecule has 0 bridgehead atoms. The Labute approximate surface area is 114 Å². The third kappa shape index (κ3) is 4.38. The lowest BCUT2D eigenvalue weighted by Crippen LogP contribution is -2.40.